The van der Waals surface area contributed by atoms with E-state index in [1.807, 2.05) is 37.3 Å². The van der Waals surface area contributed by atoms with Gasteiger partial charge in [-0.25, -0.2) is 4.39 Å². The summed E-state index contributed by atoms with van der Waals surface area (Å²) in [6.07, 6.45) is -1.44. The zero-order valence-corrected chi connectivity index (χ0v) is 12.6. The lowest BCUT2D eigenvalue weighted by Crippen LogP contribution is -2.28. The van der Waals surface area contributed by atoms with Gasteiger partial charge in [-0.3, -0.25) is 0 Å². The van der Waals surface area contributed by atoms with E-state index < -0.39 is 12.3 Å². The Hall–Kier alpha value is -2.07. The van der Waals surface area contributed by atoms with Gasteiger partial charge in [0, 0.05) is 5.56 Å². The number of aliphatic hydroxyl groups excluding tert-OH is 1. The van der Waals surface area contributed by atoms with Gasteiger partial charge in [-0.2, -0.15) is 0 Å². The van der Waals surface area contributed by atoms with E-state index in [0.29, 0.717) is 24.2 Å². The van der Waals surface area contributed by atoms with Gasteiger partial charge in [-0.1, -0.05) is 43.7 Å². The standard InChI is InChI=1S/C18H21FO3/c1-2-6-16(19)18(21)12-22-14-9-10-17(20)15(11-14)13-7-4-3-5-8-13/h3-5,7-11,16,18,20-21H,2,6,12H2,1H3. The van der Waals surface area contributed by atoms with E-state index in [0.717, 1.165) is 5.56 Å². The number of rotatable bonds is 7. The van der Waals surface area contributed by atoms with Gasteiger partial charge in [-0.15, -0.1) is 0 Å². The lowest BCUT2D eigenvalue weighted by molar-refractivity contribution is 0.0331. The Labute approximate surface area is 130 Å². The number of hydrogen-bond acceptors (Lipinski definition) is 3. The molecule has 2 aromatic rings. The topological polar surface area (TPSA) is 49.7 Å². The van der Waals surface area contributed by atoms with Crippen molar-refractivity contribution in [1.29, 1.82) is 0 Å². The maximum Gasteiger partial charge on any atom is 0.129 e. The Morgan fingerprint density at radius 1 is 1.14 bits per heavy atom. The number of hydrogen-bond donors (Lipinski definition) is 2. The second-order valence-corrected chi connectivity index (χ2v) is 5.23. The maximum absolute atomic E-state index is 13.5. The molecule has 0 aliphatic heterocycles. The van der Waals surface area contributed by atoms with Crippen LogP contribution in [0.25, 0.3) is 11.1 Å². The van der Waals surface area contributed by atoms with Gasteiger partial charge in [-0.05, 0) is 30.2 Å². The van der Waals surface area contributed by atoms with Crippen LogP contribution >= 0.6 is 0 Å². The largest absolute Gasteiger partial charge is 0.507 e. The fourth-order valence-corrected chi connectivity index (χ4v) is 2.21. The first-order valence-electron chi connectivity index (χ1n) is 7.45. The van der Waals surface area contributed by atoms with Gasteiger partial charge in [0.2, 0.25) is 0 Å². The molecule has 0 amide bonds. The van der Waals surface area contributed by atoms with Gasteiger partial charge in [0.25, 0.3) is 0 Å². The molecule has 0 aliphatic rings. The van der Waals surface area contributed by atoms with Gasteiger partial charge in [0.1, 0.15) is 30.4 Å². The molecule has 4 heteroatoms. The van der Waals surface area contributed by atoms with Crippen molar-refractivity contribution in [2.45, 2.75) is 32.0 Å². The van der Waals surface area contributed by atoms with E-state index in [4.69, 9.17) is 4.74 Å². The molecule has 0 fully saturated rings. The Morgan fingerprint density at radius 2 is 1.86 bits per heavy atom. The fraction of sp³-hybridized carbons (Fsp3) is 0.333. The minimum absolute atomic E-state index is 0.111. The number of phenolic OH excluding ortho intramolecular Hbond substituents is 1. The molecule has 0 aromatic heterocycles. The van der Waals surface area contributed by atoms with Crippen molar-refractivity contribution in [3.8, 4) is 22.6 Å². The number of aliphatic hydroxyl groups is 1. The first-order valence-corrected chi connectivity index (χ1v) is 7.45. The highest BCUT2D eigenvalue weighted by molar-refractivity contribution is 5.71. The first kappa shape index (κ1) is 16.3. The van der Waals surface area contributed by atoms with E-state index in [9.17, 15) is 14.6 Å². The van der Waals surface area contributed by atoms with Crippen LogP contribution in [0, 0.1) is 0 Å². The second kappa shape index (κ2) is 7.80. The molecule has 22 heavy (non-hydrogen) atoms. The molecule has 0 saturated heterocycles. The van der Waals surface area contributed by atoms with Crippen LogP contribution in [-0.4, -0.2) is 29.1 Å². The van der Waals surface area contributed by atoms with E-state index in [1.165, 1.54) is 6.07 Å². The lowest BCUT2D eigenvalue weighted by Gasteiger charge is -2.16. The minimum atomic E-state index is -1.28. The molecule has 2 atom stereocenters. The predicted molar refractivity (Wildman–Crippen MR) is 84.8 cm³/mol. The van der Waals surface area contributed by atoms with Gasteiger partial charge in [0.05, 0.1) is 0 Å². The third-order valence-corrected chi connectivity index (χ3v) is 3.46. The van der Waals surface area contributed by atoms with E-state index in [1.54, 1.807) is 12.1 Å². The zero-order chi connectivity index (χ0) is 15.9. The Balaban J connectivity index is 2.07. The minimum Gasteiger partial charge on any atom is -0.507 e. The molecule has 2 aromatic carbocycles. The van der Waals surface area contributed by atoms with Crippen LogP contribution in [0.4, 0.5) is 4.39 Å². The van der Waals surface area contributed by atoms with E-state index in [2.05, 4.69) is 0 Å². The highest BCUT2D eigenvalue weighted by atomic mass is 19.1. The molecule has 2 N–H and O–H groups in total. The molecular weight excluding hydrogens is 283 g/mol. The van der Waals surface area contributed by atoms with Crippen LogP contribution in [0.1, 0.15) is 19.8 Å². The summed E-state index contributed by atoms with van der Waals surface area (Å²) >= 11 is 0. The van der Waals surface area contributed by atoms with Gasteiger partial charge in [0.15, 0.2) is 0 Å². The van der Waals surface area contributed by atoms with Crippen LogP contribution in [0.2, 0.25) is 0 Å². The summed E-state index contributed by atoms with van der Waals surface area (Å²) in [6, 6.07) is 14.2. The average molecular weight is 304 g/mol. The summed E-state index contributed by atoms with van der Waals surface area (Å²) in [6.45, 7) is 1.76. The predicted octanol–water partition coefficient (Wildman–Crippen LogP) is 3.94. The number of alkyl halides is 1. The molecule has 0 saturated carbocycles. The second-order valence-electron chi connectivity index (χ2n) is 5.23. The molecule has 0 heterocycles. The molecule has 2 rings (SSSR count). The van der Waals surface area contributed by atoms with Crippen molar-refractivity contribution in [2.75, 3.05) is 6.61 Å². The summed E-state index contributed by atoms with van der Waals surface area (Å²) in [5.74, 6) is 0.632. The van der Waals surface area contributed by atoms with Gasteiger partial charge >= 0.3 is 0 Å². The third-order valence-electron chi connectivity index (χ3n) is 3.46. The Morgan fingerprint density at radius 3 is 2.55 bits per heavy atom. The van der Waals surface area contributed by atoms with Crippen LogP contribution < -0.4 is 4.74 Å². The van der Waals surface area contributed by atoms with E-state index in [-0.39, 0.29) is 12.4 Å². The highest BCUT2D eigenvalue weighted by Gasteiger charge is 2.18. The molecule has 118 valence electrons. The Bertz CT molecular complexity index is 586. The molecule has 0 radical (unpaired) electrons. The van der Waals surface area contributed by atoms with Crippen molar-refractivity contribution in [2.24, 2.45) is 0 Å². The van der Waals surface area contributed by atoms with Crippen LogP contribution in [0.15, 0.2) is 48.5 Å². The van der Waals surface area contributed by atoms with Crippen molar-refractivity contribution in [3.05, 3.63) is 48.5 Å². The van der Waals surface area contributed by atoms with Gasteiger partial charge < -0.3 is 14.9 Å². The van der Waals surface area contributed by atoms with Crippen molar-refractivity contribution in [3.63, 3.8) is 0 Å². The number of ether oxygens (including phenoxy) is 1. The molecule has 2 unspecified atom stereocenters. The van der Waals surface area contributed by atoms with E-state index >= 15 is 0 Å². The first-order chi connectivity index (χ1) is 10.6. The number of aromatic hydroxyl groups is 1. The Kier molecular flexibility index (Phi) is 5.78. The summed E-state index contributed by atoms with van der Waals surface area (Å²) in [7, 11) is 0. The average Bonchev–Trinajstić information content (AvgIpc) is 2.54. The van der Waals surface area contributed by atoms with Crippen molar-refractivity contribution >= 4 is 0 Å². The number of benzene rings is 2. The van der Waals surface area contributed by atoms with Crippen LogP contribution in [-0.2, 0) is 0 Å². The SMILES string of the molecule is CCCC(F)C(O)COc1ccc(O)c(-c2ccccc2)c1. The quantitative estimate of drug-likeness (QED) is 0.814. The summed E-state index contributed by atoms with van der Waals surface area (Å²) in [5.41, 5.74) is 1.50. The summed E-state index contributed by atoms with van der Waals surface area (Å²) in [4.78, 5) is 0. The van der Waals surface area contributed by atoms with Crippen molar-refractivity contribution < 1.29 is 19.3 Å². The monoisotopic (exact) mass is 304 g/mol. The summed E-state index contributed by atoms with van der Waals surface area (Å²) < 4.78 is 19.0. The summed E-state index contributed by atoms with van der Waals surface area (Å²) in [5, 5.41) is 19.7. The third kappa shape index (κ3) is 4.21. The van der Waals surface area contributed by atoms with Crippen LogP contribution in [0.3, 0.4) is 0 Å². The smallest absolute Gasteiger partial charge is 0.129 e. The maximum atomic E-state index is 13.5. The molecule has 0 aliphatic carbocycles. The lowest BCUT2D eigenvalue weighted by atomic mass is 10.0. The fourth-order valence-electron chi connectivity index (χ4n) is 2.21. The zero-order valence-electron chi connectivity index (χ0n) is 12.6. The van der Waals surface area contributed by atoms with Crippen LogP contribution in [0.5, 0.6) is 11.5 Å². The number of halogens is 1. The molecular formula is C18H21FO3. The number of phenols is 1. The van der Waals surface area contributed by atoms with Crippen molar-refractivity contribution in [1.82, 2.24) is 0 Å². The highest BCUT2D eigenvalue weighted by Crippen LogP contribution is 2.32. The normalized spacial score (nSPS) is 13.6. The molecule has 3 nitrogen and oxygen atoms in total. The molecule has 0 spiro atoms. The molecule has 0 bridgehead atoms.